The number of nitrogens with zero attached hydrogens (tertiary/aromatic N) is 2. The van der Waals surface area contributed by atoms with Crippen molar-refractivity contribution in [3.05, 3.63) is 12.3 Å². The number of carbonyl (C=O) groups excluding carboxylic acids is 1. The molecule has 0 aromatic carbocycles. The van der Waals surface area contributed by atoms with E-state index < -0.39 is 0 Å². The number of aromatic nitrogens is 2. The van der Waals surface area contributed by atoms with E-state index in [0.29, 0.717) is 12.3 Å². The SMILES string of the molecule is COc1ccnc(NC(=O)CCC(C)(C)C)n1. The summed E-state index contributed by atoms with van der Waals surface area (Å²) in [6, 6.07) is 1.63. The minimum absolute atomic E-state index is 0.0758. The number of amides is 1. The molecule has 5 nitrogen and oxygen atoms in total. The molecule has 5 heteroatoms. The monoisotopic (exact) mass is 237 g/mol. The lowest BCUT2D eigenvalue weighted by Crippen LogP contribution is -2.17. The highest BCUT2D eigenvalue weighted by molar-refractivity contribution is 5.88. The van der Waals surface area contributed by atoms with Crippen molar-refractivity contribution in [2.24, 2.45) is 5.41 Å². The van der Waals surface area contributed by atoms with Gasteiger partial charge in [0.2, 0.25) is 17.7 Å². The van der Waals surface area contributed by atoms with Crippen LogP contribution in [0.3, 0.4) is 0 Å². The molecule has 0 radical (unpaired) electrons. The van der Waals surface area contributed by atoms with Crippen LogP contribution in [0.1, 0.15) is 33.6 Å². The molecule has 0 aliphatic heterocycles. The minimum Gasteiger partial charge on any atom is -0.481 e. The van der Waals surface area contributed by atoms with E-state index in [1.165, 1.54) is 7.11 Å². The molecular weight excluding hydrogens is 218 g/mol. The molecule has 0 aliphatic carbocycles. The van der Waals surface area contributed by atoms with Crippen LogP contribution in [0.2, 0.25) is 0 Å². The molecule has 94 valence electrons. The average molecular weight is 237 g/mol. The molecular formula is C12H19N3O2. The van der Waals surface area contributed by atoms with Gasteiger partial charge in [0.1, 0.15) is 0 Å². The molecule has 1 heterocycles. The molecule has 1 aromatic heterocycles. The molecule has 1 N–H and O–H groups in total. The third-order valence-electron chi connectivity index (χ3n) is 2.19. The highest BCUT2D eigenvalue weighted by Crippen LogP contribution is 2.20. The van der Waals surface area contributed by atoms with Crippen LogP contribution in [-0.4, -0.2) is 23.0 Å². The topological polar surface area (TPSA) is 64.1 Å². The number of ether oxygens (including phenoxy) is 1. The Morgan fingerprint density at radius 2 is 2.18 bits per heavy atom. The molecule has 17 heavy (non-hydrogen) atoms. The first kappa shape index (κ1) is 13.4. The maximum Gasteiger partial charge on any atom is 0.232 e. The number of hydrogen-bond acceptors (Lipinski definition) is 4. The molecule has 0 spiro atoms. The van der Waals surface area contributed by atoms with Crippen molar-refractivity contribution in [3.8, 4) is 5.88 Å². The van der Waals surface area contributed by atoms with E-state index in [0.717, 1.165) is 6.42 Å². The van der Waals surface area contributed by atoms with E-state index in [1.54, 1.807) is 12.3 Å². The largest absolute Gasteiger partial charge is 0.481 e. The number of carbonyl (C=O) groups is 1. The summed E-state index contributed by atoms with van der Waals surface area (Å²) in [6.45, 7) is 6.30. The van der Waals surface area contributed by atoms with Crippen LogP contribution in [0.5, 0.6) is 5.88 Å². The normalized spacial score (nSPS) is 11.1. The fourth-order valence-corrected chi connectivity index (χ4v) is 1.19. The summed E-state index contributed by atoms with van der Waals surface area (Å²) in [5.41, 5.74) is 0.145. The second-order valence-corrected chi connectivity index (χ2v) is 5.03. The van der Waals surface area contributed by atoms with Gasteiger partial charge >= 0.3 is 0 Å². The number of nitrogens with one attached hydrogen (secondary N) is 1. The summed E-state index contributed by atoms with van der Waals surface area (Å²) in [4.78, 5) is 19.6. The van der Waals surface area contributed by atoms with Crippen LogP contribution in [0.25, 0.3) is 0 Å². The molecule has 0 atom stereocenters. The van der Waals surface area contributed by atoms with E-state index in [1.807, 2.05) is 0 Å². The highest BCUT2D eigenvalue weighted by atomic mass is 16.5. The Morgan fingerprint density at radius 1 is 1.47 bits per heavy atom. The van der Waals surface area contributed by atoms with Gasteiger partial charge in [0.25, 0.3) is 0 Å². The van der Waals surface area contributed by atoms with E-state index >= 15 is 0 Å². The van der Waals surface area contributed by atoms with E-state index in [4.69, 9.17) is 4.74 Å². The second kappa shape index (κ2) is 5.61. The van der Waals surface area contributed by atoms with Gasteiger partial charge in [-0.1, -0.05) is 20.8 Å². The number of methoxy groups -OCH3 is 1. The Hall–Kier alpha value is -1.65. The fourth-order valence-electron chi connectivity index (χ4n) is 1.19. The minimum atomic E-state index is -0.0758. The highest BCUT2D eigenvalue weighted by Gasteiger charge is 2.13. The zero-order chi connectivity index (χ0) is 12.9. The molecule has 0 bridgehead atoms. The van der Waals surface area contributed by atoms with Gasteiger partial charge in [-0.25, -0.2) is 4.98 Å². The van der Waals surface area contributed by atoms with Crippen LogP contribution in [0.4, 0.5) is 5.95 Å². The van der Waals surface area contributed by atoms with Gasteiger partial charge in [-0.2, -0.15) is 4.98 Å². The van der Waals surface area contributed by atoms with Crippen molar-refractivity contribution >= 4 is 11.9 Å². The van der Waals surface area contributed by atoms with Crippen molar-refractivity contribution < 1.29 is 9.53 Å². The third-order valence-corrected chi connectivity index (χ3v) is 2.19. The van der Waals surface area contributed by atoms with Gasteiger partial charge in [0, 0.05) is 18.7 Å². The average Bonchev–Trinajstić information content (AvgIpc) is 2.26. The lowest BCUT2D eigenvalue weighted by molar-refractivity contribution is -0.116. The van der Waals surface area contributed by atoms with Gasteiger partial charge in [0.15, 0.2) is 0 Å². The van der Waals surface area contributed by atoms with Gasteiger partial charge in [-0.05, 0) is 11.8 Å². The van der Waals surface area contributed by atoms with Crippen LogP contribution in [-0.2, 0) is 4.79 Å². The molecule has 1 rings (SSSR count). The number of anilines is 1. The van der Waals surface area contributed by atoms with Gasteiger partial charge in [0.05, 0.1) is 7.11 Å². The third kappa shape index (κ3) is 5.29. The Balaban J connectivity index is 2.50. The standard InChI is InChI=1S/C12H19N3O2/c1-12(2,3)7-5-9(16)14-11-13-8-6-10(15-11)17-4/h6,8H,5,7H2,1-4H3,(H,13,14,15,16). The van der Waals surface area contributed by atoms with Crippen molar-refractivity contribution in [2.75, 3.05) is 12.4 Å². The molecule has 1 amide bonds. The summed E-state index contributed by atoms with van der Waals surface area (Å²) in [6.07, 6.45) is 2.83. The first-order valence-electron chi connectivity index (χ1n) is 5.57. The summed E-state index contributed by atoms with van der Waals surface area (Å²) in [5.74, 6) is 0.641. The Kier molecular flexibility index (Phi) is 4.43. The second-order valence-electron chi connectivity index (χ2n) is 5.03. The molecule has 0 aliphatic rings. The van der Waals surface area contributed by atoms with Crippen LogP contribution in [0.15, 0.2) is 12.3 Å². The van der Waals surface area contributed by atoms with Crippen LogP contribution >= 0.6 is 0 Å². The Morgan fingerprint density at radius 3 is 2.76 bits per heavy atom. The van der Waals surface area contributed by atoms with Gasteiger partial charge in [-0.15, -0.1) is 0 Å². The number of rotatable bonds is 4. The first-order chi connectivity index (χ1) is 7.90. The van der Waals surface area contributed by atoms with Crippen molar-refractivity contribution in [1.82, 2.24) is 9.97 Å². The summed E-state index contributed by atoms with van der Waals surface area (Å²) in [7, 11) is 1.52. The zero-order valence-electron chi connectivity index (χ0n) is 10.8. The zero-order valence-corrected chi connectivity index (χ0v) is 10.8. The molecule has 1 aromatic rings. The Labute approximate surface area is 102 Å². The summed E-state index contributed by atoms with van der Waals surface area (Å²) in [5, 5.41) is 2.65. The van der Waals surface area contributed by atoms with Crippen molar-refractivity contribution in [1.29, 1.82) is 0 Å². The first-order valence-corrected chi connectivity index (χ1v) is 5.57. The summed E-state index contributed by atoms with van der Waals surface area (Å²) < 4.78 is 4.95. The summed E-state index contributed by atoms with van der Waals surface area (Å²) >= 11 is 0. The maximum atomic E-state index is 11.6. The van der Waals surface area contributed by atoms with Crippen LogP contribution in [0, 0.1) is 5.41 Å². The maximum absolute atomic E-state index is 11.6. The predicted octanol–water partition coefficient (Wildman–Crippen LogP) is 2.25. The van der Waals surface area contributed by atoms with E-state index in [2.05, 4.69) is 36.1 Å². The molecule has 0 unspecified atom stereocenters. The molecule has 0 fully saturated rings. The van der Waals surface area contributed by atoms with E-state index in [9.17, 15) is 4.79 Å². The van der Waals surface area contributed by atoms with Crippen molar-refractivity contribution in [3.63, 3.8) is 0 Å². The van der Waals surface area contributed by atoms with Gasteiger partial charge < -0.3 is 4.74 Å². The van der Waals surface area contributed by atoms with Crippen molar-refractivity contribution in [2.45, 2.75) is 33.6 Å². The number of hydrogen-bond donors (Lipinski definition) is 1. The van der Waals surface area contributed by atoms with Gasteiger partial charge in [-0.3, -0.25) is 10.1 Å². The quantitative estimate of drug-likeness (QED) is 0.872. The van der Waals surface area contributed by atoms with Crippen LogP contribution < -0.4 is 10.1 Å². The predicted molar refractivity (Wildman–Crippen MR) is 65.9 cm³/mol. The molecule has 0 saturated carbocycles. The molecule has 0 saturated heterocycles. The lowest BCUT2D eigenvalue weighted by Gasteiger charge is -2.16. The van der Waals surface area contributed by atoms with E-state index in [-0.39, 0.29) is 17.3 Å². The Bertz CT molecular complexity index is 386. The smallest absolute Gasteiger partial charge is 0.232 e. The lowest BCUT2D eigenvalue weighted by atomic mass is 9.90. The fraction of sp³-hybridized carbons (Fsp3) is 0.583.